The van der Waals surface area contributed by atoms with Gasteiger partial charge in [-0.2, -0.15) is 0 Å². The number of rotatable bonds is 5. The van der Waals surface area contributed by atoms with Crippen LogP contribution in [0, 0.1) is 0 Å². The average Bonchev–Trinajstić information content (AvgIpc) is 3.54. The molecule has 146 valence electrons. The van der Waals surface area contributed by atoms with Crippen LogP contribution in [0.3, 0.4) is 0 Å². The first-order chi connectivity index (χ1) is 13.2. The molecule has 3 fully saturated rings. The molecular formula is C21H29N3O3. The van der Waals surface area contributed by atoms with Crippen molar-refractivity contribution in [3.05, 3.63) is 30.1 Å². The minimum absolute atomic E-state index is 0.00805. The Morgan fingerprint density at radius 3 is 2.67 bits per heavy atom. The normalized spacial score (nSPS) is 26.9. The second-order valence-corrected chi connectivity index (χ2v) is 7.91. The van der Waals surface area contributed by atoms with Gasteiger partial charge in [0, 0.05) is 31.0 Å². The Hall–Kier alpha value is -1.95. The molecular weight excluding hydrogens is 342 g/mol. The van der Waals surface area contributed by atoms with Crippen molar-refractivity contribution in [1.82, 2.24) is 14.8 Å². The average molecular weight is 371 g/mol. The van der Waals surface area contributed by atoms with E-state index in [9.17, 15) is 9.59 Å². The van der Waals surface area contributed by atoms with Gasteiger partial charge in [-0.1, -0.05) is 25.3 Å². The van der Waals surface area contributed by atoms with Crippen LogP contribution in [0.4, 0.5) is 0 Å². The molecule has 0 spiro atoms. The van der Waals surface area contributed by atoms with Gasteiger partial charge in [-0.15, -0.1) is 0 Å². The Kier molecular flexibility index (Phi) is 5.43. The smallest absolute Gasteiger partial charge is 0.254 e. The summed E-state index contributed by atoms with van der Waals surface area (Å²) in [5.74, 6) is 0.00696. The van der Waals surface area contributed by atoms with Crippen molar-refractivity contribution in [3.63, 3.8) is 0 Å². The molecule has 0 radical (unpaired) electrons. The van der Waals surface area contributed by atoms with Crippen LogP contribution in [0.5, 0.6) is 0 Å². The Bertz CT molecular complexity index is 671. The second-order valence-electron chi connectivity index (χ2n) is 7.91. The Morgan fingerprint density at radius 1 is 1.26 bits per heavy atom. The van der Waals surface area contributed by atoms with Gasteiger partial charge in [-0.05, 0) is 44.2 Å². The van der Waals surface area contributed by atoms with Gasteiger partial charge < -0.3 is 14.5 Å². The lowest BCUT2D eigenvalue weighted by atomic mass is 9.92. The first kappa shape index (κ1) is 18.4. The highest BCUT2D eigenvalue weighted by atomic mass is 16.5. The molecule has 0 unspecified atom stereocenters. The Labute approximate surface area is 160 Å². The molecule has 0 N–H and O–H groups in total. The topological polar surface area (TPSA) is 62.7 Å². The minimum atomic E-state index is -0.644. The number of pyridine rings is 1. The number of carbonyl (C=O) groups is 2. The van der Waals surface area contributed by atoms with Crippen molar-refractivity contribution in [3.8, 4) is 0 Å². The van der Waals surface area contributed by atoms with Crippen molar-refractivity contribution in [2.24, 2.45) is 0 Å². The molecule has 27 heavy (non-hydrogen) atoms. The van der Waals surface area contributed by atoms with Crippen LogP contribution >= 0.6 is 0 Å². The van der Waals surface area contributed by atoms with Crippen LogP contribution in [-0.2, 0) is 14.3 Å². The molecule has 1 aromatic rings. The maximum atomic E-state index is 13.6. The number of morpholine rings is 1. The third-order valence-electron chi connectivity index (χ3n) is 6.11. The summed E-state index contributed by atoms with van der Waals surface area (Å²) in [4.78, 5) is 34.3. The highest BCUT2D eigenvalue weighted by molar-refractivity contribution is 5.87. The minimum Gasteiger partial charge on any atom is -0.356 e. The van der Waals surface area contributed by atoms with Crippen molar-refractivity contribution >= 4 is 11.8 Å². The lowest BCUT2D eigenvalue weighted by Crippen LogP contribution is -2.57. The van der Waals surface area contributed by atoms with Gasteiger partial charge in [-0.25, -0.2) is 0 Å². The molecule has 2 heterocycles. The first-order valence-electron chi connectivity index (χ1n) is 10.3. The maximum Gasteiger partial charge on any atom is 0.254 e. The van der Waals surface area contributed by atoms with Crippen LogP contribution in [0.2, 0.25) is 0 Å². The zero-order chi connectivity index (χ0) is 18.8. The van der Waals surface area contributed by atoms with Crippen LogP contribution in [0.25, 0.3) is 0 Å². The summed E-state index contributed by atoms with van der Waals surface area (Å²) in [6.07, 6.45) is 10.6. The number of likely N-dealkylation sites (N-methyl/N-ethyl adjacent to an activating group) is 1. The third-order valence-corrected chi connectivity index (χ3v) is 6.11. The molecule has 4 rings (SSSR count). The molecule has 3 aliphatic rings. The van der Waals surface area contributed by atoms with E-state index < -0.39 is 6.10 Å². The standard InChI is InChI=1S/C21H29N3O3/c1-2-23(16-8-4-3-5-9-16)21(26)20-19(15-7-6-12-22-13-15)24(17-10-11-17)18(25)14-27-20/h6-7,12-13,16-17,19-20H,2-5,8-11,14H2,1H3/t19-,20+/m1/s1. The van der Waals surface area contributed by atoms with Gasteiger partial charge in [-0.3, -0.25) is 14.6 Å². The number of carbonyl (C=O) groups excluding carboxylic acids is 2. The van der Waals surface area contributed by atoms with E-state index in [1.807, 2.05) is 28.9 Å². The Balaban J connectivity index is 1.63. The van der Waals surface area contributed by atoms with Crippen molar-refractivity contribution < 1.29 is 14.3 Å². The quantitative estimate of drug-likeness (QED) is 0.798. The zero-order valence-corrected chi connectivity index (χ0v) is 16.0. The summed E-state index contributed by atoms with van der Waals surface area (Å²) in [7, 11) is 0. The van der Waals surface area contributed by atoms with Crippen LogP contribution in [0.15, 0.2) is 24.5 Å². The van der Waals surface area contributed by atoms with Crippen LogP contribution in [-0.4, -0.2) is 57.9 Å². The van der Waals surface area contributed by atoms with E-state index >= 15 is 0 Å². The fourth-order valence-electron chi connectivity index (χ4n) is 4.65. The molecule has 2 amide bonds. The fraction of sp³-hybridized carbons (Fsp3) is 0.667. The molecule has 2 saturated carbocycles. The number of hydrogen-bond acceptors (Lipinski definition) is 4. The molecule has 2 atom stereocenters. The van der Waals surface area contributed by atoms with Gasteiger partial charge in [0.15, 0.2) is 6.10 Å². The zero-order valence-electron chi connectivity index (χ0n) is 16.0. The van der Waals surface area contributed by atoms with E-state index in [-0.39, 0.29) is 30.5 Å². The van der Waals surface area contributed by atoms with E-state index in [1.165, 1.54) is 19.3 Å². The predicted octanol–water partition coefficient (Wildman–Crippen LogP) is 2.69. The summed E-state index contributed by atoms with van der Waals surface area (Å²) in [6.45, 7) is 2.71. The van der Waals surface area contributed by atoms with Crippen LogP contribution in [0.1, 0.15) is 63.5 Å². The van der Waals surface area contributed by atoms with E-state index in [4.69, 9.17) is 4.74 Å². The lowest BCUT2D eigenvalue weighted by Gasteiger charge is -2.43. The first-order valence-corrected chi connectivity index (χ1v) is 10.3. The predicted molar refractivity (Wildman–Crippen MR) is 101 cm³/mol. The number of hydrogen-bond donors (Lipinski definition) is 0. The number of nitrogens with zero attached hydrogens (tertiary/aromatic N) is 3. The van der Waals surface area contributed by atoms with E-state index in [1.54, 1.807) is 12.4 Å². The molecule has 1 aromatic heterocycles. The number of aromatic nitrogens is 1. The summed E-state index contributed by atoms with van der Waals surface area (Å²) in [5, 5.41) is 0. The molecule has 6 heteroatoms. The van der Waals surface area contributed by atoms with Gasteiger partial charge in [0.2, 0.25) is 5.91 Å². The van der Waals surface area contributed by atoms with Crippen molar-refractivity contribution in [2.45, 2.75) is 76.1 Å². The van der Waals surface area contributed by atoms with E-state index in [0.717, 1.165) is 31.2 Å². The second kappa shape index (κ2) is 7.97. The highest BCUT2D eigenvalue weighted by Gasteiger charge is 2.48. The largest absolute Gasteiger partial charge is 0.356 e. The van der Waals surface area contributed by atoms with Gasteiger partial charge in [0.05, 0.1) is 6.04 Å². The fourth-order valence-corrected chi connectivity index (χ4v) is 4.65. The van der Waals surface area contributed by atoms with E-state index in [0.29, 0.717) is 12.6 Å². The highest BCUT2D eigenvalue weighted by Crippen LogP contribution is 2.40. The van der Waals surface area contributed by atoms with E-state index in [2.05, 4.69) is 4.98 Å². The van der Waals surface area contributed by atoms with Crippen LogP contribution < -0.4 is 0 Å². The SMILES string of the molecule is CCN(C(=O)[C@H]1OCC(=O)N(C2CC2)[C@@H]1c1cccnc1)C1CCCCC1. The summed E-state index contributed by atoms with van der Waals surface area (Å²) in [5.41, 5.74) is 0.885. The Morgan fingerprint density at radius 2 is 2.04 bits per heavy atom. The summed E-state index contributed by atoms with van der Waals surface area (Å²) < 4.78 is 5.89. The van der Waals surface area contributed by atoms with Gasteiger partial charge >= 0.3 is 0 Å². The van der Waals surface area contributed by atoms with Gasteiger partial charge in [0.25, 0.3) is 5.91 Å². The maximum absolute atomic E-state index is 13.6. The lowest BCUT2D eigenvalue weighted by molar-refractivity contribution is -0.171. The molecule has 0 aromatic carbocycles. The third kappa shape index (κ3) is 3.72. The number of amides is 2. The van der Waals surface area contributed by atoms with Gasteiger partial charge in [0.1, 0.15) is 6.61 Å². The summed E-state index contributed by atoms with van der Waals surface area (Å²) >= 11 is 0. The molecule has 6 nitrogen and oxygen atoms in total. The molecule has 1 aliphatic heterocycles. The van der Waals surface area contributed by atoms with Crippen molar-refractivity contribution in [2.75, 3.05) is 13.2 Å². The van der Waals surface area contributed by atoms with Crippen molar-refractivity contribution in [1.29, 1.82) is 0 Å². The number of ether oxygens (including phenoxy) is 1. The molecule has 1 saturated heterocycles. The summed E-state index contributed by atoms with van der Waals surface area (Å²) in [6, 6.07) is 3.96. The monoisotopic (exact) mass is 371 g/mol. The molecule has 2 aliphatic carbocycles. The molecule has 0 bridgehead atoms.